The molecule has 0 spiro atoms. The van der Waals surface area contributed by atoms with Gasteiger partial charge in [0.1, 0.15) is 11.4 Å². The second-order valence-electron chi connectivity index (χ2n) is 5.36. The molecule has 0 amide bonds. The molecule has 0 fully saturated rings. The number of anilines is 1. The first-order chi connectivity index (χ1) is 11.2. The third-order valence-corrected chi connectivity index (χ3v) is 3.50. The van der Waals surface area contributed by atoms with E-state index in [9.17, 15) is 23.3 Å². The van der Waals surface area contributed by atoms with Gasteiger partial charge in [-0.2, -0.15) is 13.2 Å². The Balaban J connectivity index is 2.24. The van der Waals surface area contributed by atoms with Gasteiger partial charge in [0.2, 0.25) is 0 Å². The Kier molecular flexibility index (Phi) is 5.13. The van der Waals surface area contributed by atoms with E-state index in [0.717, 1.165) is 12.1 Å². The lowest BCUT2D eigenvalue weighted by molar-refractivity contribution is -0.384. The van der Waals surface area contributed by atoms with Gasteiger partial charge in [-0.3, -0.25) is 15.0 Å². The van der Waals surface area contributed by atoms with Crippen LogP contribution in [0.5, 0.6) is 0 Å². The number of hydrogen-bond acceptors (Lipinski definition) is 5. The average Bonchev–Trinajstić information content (AvgIpc) is 3.00. The smallest absolute Gasteiger partial charge is 0.416 e. The topological polar surface area (TPSA) is 71.5 Å². The van der Waals surface area contributed by atoms with Gasteiger partial charge in [-0.1, -0.05) is 0 Å². The van der Waals surface area contributed by atoms with E-state index in [4.69, 9.17) is 4.42 Å². The molecular weight excluding hydrogens is 327 g/mol. The molecule has 24 heavy (non-hydrogen) atoms. The van der Waals surface area contributed by atoms with Gasteiger partial charge in [-0.05, 0) is 38.4 Å². The first-order valence-corrected chi connectivity index (χ1v) is 6.99. The molecule has 0 radical (unpaired) electrons. The van der Waals surface area contributed by atoms with Crippen LogP contribution < -0.4 is 5.32 Å². The molecule has 130 valence electrons. The van der Waals surface area contributed by atoms with Crippen LogP contribution in [0.15, 0.2) is 41.0 Å². The molecule has 0 aliphatic rings. The maximum absolute atomic E-state index is 12.7. The molecule has 1 N–H and O–H groups in total. The number of hydrogen-bond donors (Lipinski definition) is 1. The number of nitrogens with zero attached hydrogens (tertiary/aromatic N) is 2. The van der Waals surface area contributed by atoms with Crippen molar-refractivity contribution >= 4 is 11.4 Å². The van der Waals surface area contributed by atoms with Crippen molar-refractivity contribution in [1.29, 1.82) is 0 Å². The third kappa shape index (κ3) is 4.05. The predicted octanol–water partition coefficient (Wildman–Crippen LogP) is 3.92. The van der Waals surface area contributed by atoms with Crippen molar-refractivity contribution in [3.05, 3.63) is 58.0 Å². The standard InChI is InChI=1S/C15H16F3N3O3/c1-20(2)13(14-4-3-7-24-14)9-19-11-6-5-10(15(16,17)18)8-12(11)21(22)23/h3-8,13,19H,9H2,1-2H3/t13-/m1/s1. The van der Waals surface area contributed by atoms with Gasteiger partial charge < -0.3 is 9.73 Å². The van der Waals surface area contributed by atoms with E-state index in [2.05, 4.69) is 5.32 Å². The Labute approximate surface area is 136 Å². The fourth-order valence-electron chi connectivity index (χ4n) is 2.23. The molecule has 2 aromatic rings. The van der Waals surface area contributed by atoms with Crippen molar-refractivity contribution in [1.82, 2.24) is 4.90 Å². The summed E-state index contributed by atoms with van der Waals surface area (Å²) >= 11 is 0. The Morgan fingerprint density at radius 3 is 2.54 bits per heavy atom. The lowest BCUT2D eigenvalue weighted by Gasteiger charge is -2.23. The number of likely N-dealkylation sites (N-methyl/N-ethyl adjacent to an activating group) is 1. The summed E-state index contributed by atoms with van der Waals surface area (Å²) in [7, 11) is 3.60. The molecule has 0 unspecified atom stereocenters. The van der Waals surface area contributed by atoms with Crippen molar-refractivity contribution in [2.24, 2.45) is 0 Å². The van der Waals surface area contributed by atoms with Crippen LogP contribution in [0.2, 0.25) is 0 Å². The van der Waals surface area contributed by atoms with Crippen molar-refractivity contribution in [2.45, 2.75) is 12.2 Å². The molecular formula is C15H16F3N3O3. The number of rotatable bonds is 6. The highest BCUT2D eigenvalue weighted by Gasteiger charge is 2.33. The highest BCUT2D eigenvalue weighted by atomic mass is 19.4. The van der Waals surface area contributed by atoms with Gasteiger partial charge in [0.05, 0.1) is 22.8 Å². The second kappa shape index (κ2) is 6.91. The van der Waals surface area contributed by atoms with E-state index in [1.54, 1.807) is 26.2 Å². The molecule has 9 heteroatoms. The summed E-state index contributed by atoms with van der Waals surface area (Å²) in [4.78, 5) is 12.1. The van der Waals surface area contributed by atoms with Gasteiger partial charge in [0.15, 0.2) is 0 Å². The average molecular weight is 343 g/mol. The number of nitro benzene ring substituents is 1. The number of nitro groups is 1. The highest BCUT2D eigenvalue weighted by Crippen LogP contribution is 2.35. The predicted molar refractivity (Wildman–Crippen MR) is 81.7 cm³/mol. The van der Waals surface area contributed by atoms with Gasteiger partial charge in [-0.25, -0.2) is 0 Å². The van der Waals surface area contributed by atoms with Crippen LogP contribution in [0.4, 0.5) is 24.5 Å². The van der Waals surface area contributed by atoms with Crippen LogP contribution in [-0.2, 0) is 6.18 Å². The van der Waals surface area contributed by atoms with Crippen LogP contribution >= 0.6 is 0 Å². The molecule has 0 saturated carbocycles. The van der Waals surface area contributed by atoms with E-state index in [1.165, 1.54) is 6.26 Å². The van der Waals surface area contributed by atoms with Crippen molar-refractivity contribution in [3.63, 3.8) is 0 Å². The normalized spacial score (nSPS) is 13.1. The lowest BCUT2D eigenvalue weighted by Crippen LogP contribution is -2.26. The highest BCUT2D eigenvalue weighted by molar-refractivity contribution is 5.63. The number of nitrogens with one attached hydrogen (secondary N) is 1. The van der Waals surface area contributed by atoms with Crippen LogP contribution in [0, 0.1) is 10.1 Å². The molecule has 6 nitrogen and oxygen atoms in total. The van der Waals surface area contributed by atoms with E-state index in [-0.39, 0.29) is 18.3 Å². The summed E-state index contributed by atoms with van der Waals surface area (Å²) in [5.74, 6) is 0.641. The van der Waals surface area contributed by atoms with E-state index < -0.39 is 22.4 Å². The molecule has 1 atom stereocenters. The number of halogens is 3. The summed E-state index contributed by atoms with van der Waals surface area (Å²) in [6.07, 6.45) is -3.13. The number of benzene rings is 1. The summed E-state index contributed by atoms with van der Waals surface area (Å²) in [6.45, 7) is 0.229. The summed E-state index contributed by atoms with van der Waals surface area (Å²) in [5.41, 5.74) is -1.66. The van der Waals surface area contributed by atoms with Gasteiger partial charge in [0.25, 0.3) is 5.69 Å². The summed E-state index contributed by atoms with van der Waals surface area (Å²) < 4.78 is 43.4. The molecule has 1 heterocycles. The van der Waals surface area contributed by atoms with Crippen LogP contribution in [0.1, 0.15) is 17.4 Å². The third-order valence-electron chi connectivity index (χ3n) is 3.50. The van der Waals surface area contributed by atoms with Crippen LogP contribution in [0.25, 0.3) is 0 Å². The quantitative estimate of drug-likeness (QED) is 0.636. The molecule has 0 saturated heterocycles. The zero-order chi connectivity index (χ0) is 17.9. The minimum atomic E-state index is -4.64. The zero-order valence-electron chi connectivity index (χ0n) is 13.0. The Bertz CT molecular complexity index is 700. The fraction of sp³-hybridized carbons (Fsp3) is 0.333. The van der Waals surface area contributed by atoms with Crippen LogP contribution in [-0.4, -0.2) is 30.5 Å². The van der Waals surface area contributed by atoms with Crippen molar-refractivity contribution in [2.75, 3.05) is 26.0 Å². The zero-order valence-corrected chi connectivity index (χ0v) is 13.0. The lowest BCUT2D eigenvalue weighted by atomic mass is 10.1. The maximum atomic E-state index is 12.7. The molecule has 2 rings (SSSR count). The molecule has 1 aromatic heterocycles. The van der Waals surface area contributed by atoms with Crippen molar-refractivity contribution in [3.8, 4) is 0 Å². The van der Waals surface area contributed by atoms with E-state index in [0.29, 0.717) is 11.8 Å². The first kappa shape index (κ1) is 17.8. The largest absolute Gasteiger partial charge is 0.468 e. The Morgan fingerprint density at radius 2 is 2.04 bits per heavy atom. The molecule has 1 aromatic carbocycles. The van der Waals surface area contributed by atoms with Crippen molar-refractivity contribution < 1.29 is 22.5 Å². The minimum absolute atomic E-state index is 0.0198. The monoisotopic (exact) mass is 343 g/mol. The van der Waals surface area contributed by atoms with Gasteiger partial charge >= 0.3 is 6.18 Å². The number of furan rings is 1. The minimum Gasteiger partial charge on any atom is -0.468 e. The summed E-state index contributed by atoms with van der Waals surface area (Å²) in [5, 5.41) is 13.9. The SMILES string of the molecule is CN(C)[C@H](CNc1ccc(C(F)(F)F)cc1[N+](=O)[O-])c1ccco1. The second-order valence-corrected chi connectivity index (χ2v) is 5.36. The van der Waals surface area contributed by atoms with E-state index >= 15 is 0 Å². The Hall–Kier alpha value is -2.55. The van der Waals surface area contributed by atoms with Gasteiger partial charge in [0, 0.05) is 12.6 Å². The molecule has 0 aliphatic carbocycles. The molecule has 0 bridgehead atoms. The van der Waals surface area contributed by atoms with E-state index in [1.807, 2.05) is 4.90 Å². The maximum Gasteiger partial charge on any atom is 0.416 e. The molecule has 0 aliphatic heterocycles. The van der Waals surface area contributed by atoms with Crippen LogP contribution in [0.3, 0.4) is 0 Å². The van der Waals surface area contributed by atoms with Gasteiger partial charge in [-0.15, -0.1) is 0 Å². The fourth-order valence-corrected chi connectivity index (χ4v) is 2.23. The Morgan fingerprint density at radius 1 is 1.33 bits per heavy atom. The number of alkyl halides is 3. The first-order valence-electron chi connectivity index (χ1n) is 6.99. The summed E-state index contributed by atoms with van der Waals surface area (Å²) in [6, 6.07) is 5.64.